The maximum atomic E-state index is 6.14. The Kier molecular flexibility index (Phi) is 4.78. The molecule has 2 rings (SSSR count). The molecule has 108 valence electrons. The van der Waals surface area contributed by atoms with Crippen LogP contribution < -0.4 is 4.90 Å². The summed E-state index contributed by atoms with van der Waals surface area (Å²) in [6.07, 6.45) is 0. The van der Waals surface area contributed by atoms with Crippen LogP contribution in [0, 0.1) is 0 Å². The van der Waals surface area contributed by atoms with Crippen LogP contribution in [0.3, 0.4) is 0 Å². The Morgan fingerprint density at radius 1 is 1.15 bits per heavy atom. The molecule has 0 bridgehead atoms. The first-order chi connectivity index (χ1) is 9.54. The van der Waals surface area contributed by atoms with Crippen LogP contribution in [0.4, 0.5) is 5.82 Å². The highest BCUT2D eigenvalue weighted by Crippen LogP contribution is 2.29. The summed E-state index contributed by atoms with van der Waals surface area (Å²) < 4.78 is 0. The fraction of sp³-hybridized carbons (Fsp3) is 0.467. The number of likely N-dealkylation sites (N-methyl/N-ethyl adjacent to an activating group) is 2. The normalized spacial score (nSPS) is 12.9. The highest BCUT2D eigenvalue weighted by molar-refractivity contribution is 6.34. The number of rotatable bonds is 5. The molecule has 1 atom stereocenters. The number of fused-ring (bicyclic) bond motifs is 1. The van der Waals surface area contributed by atoms with Crippen molar-refractivity contribution in [1.82, 2.24) is 15.1 Å². The molecule has 1 aromatic heterocycles. The van der Waals surface area contributed by atoms with Crippen LogP contribution >= 0.6 is 11.6 Å². The van der Waals surface area contributed by atoms with E-state index in [1.54, 1.807) is 0 Å². The van der Waals surface area contributed by atoms with Gasteiger partial charge in [0.25, 0.3) is 0 Å². The molecular formula is C15H21ClN4. The maximum absolute atomic E-state index is 6.14. The summed E-state index contributed by atoms with van der Waals surface area (Å²) in [5.41, 5.74) is 0. The average Bonchev–Trinajstić information content (AvgIpc) is 2.41. The number of hydrogen-bond acceptors (Lipinski definition) is 4. The van der Waals surface area contributed by atoms with Crippen LogP contribution in [0.2, 0.25) is 5.15 Å². The van der Waals surface area contributed by atoms with Crippen molar-refractivity contribution in [1.29, 1.82) is 0 Å². The van der Waals surface area contributed by atoms with Gasteiger partial charge >= 0.3 is 0 Å². The third-order valence-corrected chi connectivity index (χ3v) is 3.68. The largest absolute Gasteiger partial charge is 0.351 e. The molecular weight excluding hydrogens is 272 g/mol. The standard InChI is InChI=1S/C15H21ClN4/c1-5-20(11(2)10-19(3)4)15-13-9-7-6-8-12(13)14(16)17-18-15/h6-9,11H,5,10H2,1-4H3. The molecule has 0 saturated carbocycles. The number of benzene rings is 1. The number of nitrogens with zero attached hydrogens (tertiary/aromatic N) is 4. The van der Waals surface area contributed by atoms with Crippen LogP contribution in [0.1, 0.15) is 13.8 Å². The summed E-state index contributed by atoms with van der Waals surface area (Å²) in [6, 6.07) is 8.37. The quantitative estimate of drug-likeness (QED) is 0.848. The molecule has 0 amide bonds. The van der Waals surface area contributed by atoms with E-state index in [9.17, 15) is 0 Å². The lowest BCUT2D eigenvalue weighted by Crippen LogP contribution is -2.40. The van der Waals surface area contributed by atoms with Crippen LogP contribution in [0.5, 0.6) is 0 Å². The summed E-state index contributed by atoms with van der Waals surface area (Å²) in [6.45, 7) is 6.19. The van der Waals surface area contributed by atoms with Gasteiger partial charge < -0.3 is 9.80 Å². The third kappa shape index (κ3) is 3.02. The van der Waals surface area contributed by atoms with Gasteiger partial charge in [0, 0.05) is 29.9 Å². The van der Waals surface area contributed by atoms with E-state index >= 15 is 0 Å². The van der Waals surface area contributed by atoms with E-state index in [1.165, 1.54) is 0 Å². The smallest absolute Gasteiger partial charge is 0.159 e. The van der Waals surface area contributed by atoms with Crippen LogP contribution in [0.25, 0.3) is 10.8 Å². The second-order valence-electron chi connectivity index (χ2n) is 5.26. The fourth-order valence-corrected chi connectivity index (χ4v) is 2.77. The van der Waals surface area contributed by atoms with Crippen molar-refractivity contribution in [2.24, 2.45) is 0 Å². The van der Waals surface area contributed by atoms with Crippen molar-refractivity contribution in [2.45, 2.75) is 19.9 Å². The summed E-state index contributed by atoms with van der Waals surface area (Å²) in [5, 5.41) is 10.9. The van der Waals surface area contributed by atoms with Crippen molar-refractivity contribution in [2.75, 3.05) is 32.1 Å². The van der Waals surface area contributed by atoms with E-state index in [-0.39, 0.29) is 0 Å². The number of hydrogen-bond donors (Lipinski definition) is 0. The van der Waals surface area contributed by atoms with E-state index < -0.39 is 0 Å². The molecule has 1 aromatic carbocycles. The molecule has 1 heterocycles. The molecule has 0 aliphatic rings. The second kappa shape index (κ2) is 6.37. The van der Waals surface area contributed by atoms with Crippen molar-refractivity contribution < 1.29 is 0 Å². The van der Waals surface area contributed by atoms with Gasteiger partial charge in [-0.1, -0.05) is 35.9 Å². The Hall–Kier alpha value is -1.39. The zero-order chi connectivity index (χ0) is 14.7. The van der Waals surface area contributed by atoms with Gasteiger partial charge in [-0.05, 0) is 27.9 Å². The van der Waals surface area contributed by atoms with Crippen molar-refractivity contribution in [3.63, 3.8) is 0 Å². The van der Waals surface area contributed by atoms with Gasteiger partial charge in [0.15, 0.2) is 11.0 Å². The van der Waals surface area contributed by atoms with Crippen molar-refractivity contribution >= 4 is 28.2 Å². The van der Waals surface area contributed by atoms with Gasteiger partial charge in [0.05, 0.1) is 0 Å². The molecule has 0 aliphatic carbocycles. The van der Waals surface area contributed by atoms with Gasteiger partial charge in [-0.2, -0.15) is 0 Å². The zero-order valence-electron chi connectivity index (χ0n) is 12.5. The molecule has 0 fully saturated rings. The van der Waals surface area contributed by atoms with Crippen LogP contribution in [-0.4, -0.2) is 48.3 Å². The van der Waals surface area contributed by atoms with E-state index in [0.29, 0.717) is 11.2 Å². The van der Waals surface area contributed by atoms with Crippen molar-refractivity contribution in [3.8, 4) is 0 Å². The molecule has 5 heteroatoms. The predicted molar refractivity (Wildman–Crippen MR) is 85.6 cm³/mol. The summed E-state index contributed by atoms with van der Waals surface area (Å²) in [7, 11) is 4.16. The van der Waals surface area contributed by atoms with Gasteiger partial charge in [-0.3, -0.25) is 0 Å². The minimum absolute atomic E-state index is 0.355. The summed E-state index contributed by atoms with van der Waals surface area (Å²) in [4.78, 5) is 4.45. The minimum Gasteiger partial charge on any atom is -0.351 e. The lowest BCUT2D eigenvalue weighted by molar-refractivity contribution is 0.372. The molecule has 0 radical (unpaired) electrons. The molecule has 0 aliphatic heterocycles. The topological polar surface area (TPSA) is 32.3 Å². The summed E-state index contributed by atoms with van der Waals surface area (Å²) in [5.74, 6) is 0.904. The number of halogens is 1. The Morgan fingerprint density at radius 3 is 2.40 bits per heavy atom. The summed E-state index contributed by atoms with van der Waals surface area (Å²) >= 11 is 6.14. The molecule has 0 saturated heterocycles. The maximum Gasteiger partial charge on any atom is 0.159 e. The number of anilines is 1. The van der Waals surface area contributed by atoms with Crippen LogP contribution in [-0.2, 0) is 0 Å². The van der Waals surface area contributed by atoms with Gasteiger partial charge in [0.2, 0.25) is 0 Å². The van der Waals surface area contributed by atoms with E-state index in [4.69, 9.17) is 11.6 Å². The third-order valence-electron chi connectivity index (χ3n) is 3.40. The Morgan fingerprint density at radius 2 is 1.80 bits per heavy atom. The first-order valence-corrected chi connectivity index (χ1v) is 7.24. The molecule has 1 unspecified atom stereocenters. The minimum atomic E-state index is 0.355. The lowest BCUT2D eigenvalue weighted by Gasteiger charge is -2.31. The Labute approximate surface area is 125 Å². The first-order valence-electron chi connectivity index (χ1n) is 6.86. The SMILES string of the molecule is CCN(c1nnc(Cl)c2ccccc12)C(C)CN(C)C. The predicted octanol–water partition coefficient (Wildman–Crippen LogP) is 3.06. The molecule has 20 heavy (non-hydrogen) atoms. The van der Waals surface area contributed by atoms with Crippen molar-refractivity contribution in [3.05, 3.63) is 29.4 Å². The molecule has 0 spiro atoms. The van der Waals surface area contributed by atoms with Gasteiger partial charge in [-0.25, -0.2) is 0 Å². The highest BCUT2D eigenvalue weighted by Gasteiger charge is 2.18. The van der Waals surface area contributed by atoms with Crippen LogP contribution in [0.15, 0.2) is 24.3 Å². The molecule has 4 nitrogen and oxygen atoms in total. The van der Waals surface area contributed by atoms with E-state index in [1.807, 2.05) is 18.2 Å². The van der Waals surface area contributed by atoms with E-state index in [2.05, 4.69) is 54.0 Å². The molecule has 2 aromatic rings. The Bertz CT molecular complexity index is 585. The highest BCUT2D eigenvalue weighted by atomic mass is 35.5. The second-order valence-corrected chi connectivity index (χ2v) is 5.62. The van der Waals surface area contributed by atoms with Gasteiger partial charge in [-0.15, -0.1) is 10.2 Å². The van der Waals surface area contributed by atoms with E-state index in [0.717, 1.165) is 29.7 Å². The average molecular weight is 293 g/mol. The van der Waals surface area contributed by atoms with Gasteiger partial charge in [0.1, 0.15) is 0 Å². The lowest BCUT2D eigenvalue weighted by atomic mass is 10.1. The monoisotopic (exact) mass is 292 g/mol. The molecule has 0 N–H and O–H groups in total. The zero-order valence-corrected chi connectivity index (χ0v) is 13.2. The first kappa shape index (κ1) is 15.0. The number of aromatic nitrogens is 2. The fourth-order valence-electron chi connectivity index (χ4n) is 2.57. The Balaban J connectivity index is 2.47.